The van der Waals surface area contributed by atoms with Crippen LogP contribution in [0.5, 0.6) is 0 Å². The molecule has 0 radical (unpaired) electrons. The molecule has 0 unspecified atom stereocenters. The summed E-state index contributed by atoms with van der Waals surface area (Å²) in [5.41, 5.74) is 3.08. The maximum Gasteiger partial charge on any atom is 0.213 e. The van der Waals surface area contributed by atoms with Gasteiger partial charge in [-0.05, 0) is 36.8 Å². The van der Waals surface area contributed by atoms with Crippen molar-refractivity contribution in [1.29, 1.82) is 0 Å². The predicted molar refractivity (Wildman–Crippen MR) is 154 cm³/mol. The van der Waals surface area contributed by atoms with E-state index in [0.29, 0.717) is 39.6 Å². The third-order valence-corrected chi connectivity index (χ3v) is 7.91. The van der Waals surface area contributed by atoms with Crippen molar-refractivity contribution in [3.63, 3.8) is 0 Å². The molecule has 2 heterocycles. The lowest BCUT2D eigenvalue weighted by Crippen LogP contribution is -2.36. The fourth-order valence-corrected chi connectivity index (χ4v) is 5.75. The number of pyridine rings is 1. The molecule has 2 aromatic carbocycles. The molecule has 0 fully saturated rings. The number of hydrogen-bond donors (Lipinski definition) is 0. The molecule has 0 bridgehead atoms. The zero-order valence-corrected chi connectivity index (χ0v) is 23.7. The number of nitrogens with zero attached hydrogens (tertiary/aromatic N) is 2. The first-order valence-corrected chi connectivity index (χ1v) is 15.4. The second kappa shape index (κ2) is 14.6. The minimum absolute atomic E-state index is 0.116. The van der Waals surface area contributed by atoms with Crippen LogP contribution in [-0.2, 0) is 30.9 Å². The number of anilines is 1. The second-order valence-electron chi connectivity index (χ2n) is 8.75. The van der Waals surface area contributed by atoms with Crippen molar-refractivity contribution in [3.05, 3.63) is 83.5 Å². The van der Waals surface area contributed by atoms with E-state index in [0.717, 1.165) is 38.6 Å². The Balaban J connectivity index is 1.41. The Morgan fingerprint density at radius 1 is 0.949 bits per heavy atom. The third kappa shape index (κ3) is 8.63. The minimum Gasteiger partial charge on any atom is -0.748 e. The highest BCUT2D eigenvalue weighted by Gasteiger charge is 2.24. The van der Waals surface area contributed by atoms with Crippen molar-refractivity contribution < 1.29 is 31.7 Å². The van der Waals surface area contributed by atoms with E-state index in [1.165, 1.54) is 0 Å². The molecule has 10 heteroatoms. The van der Waals surface area contributed by atoms with Crippen LogP contribution in [0.4, 0.5) is 5.69 Å². The largest absolute Gasteiger partial charge is 0.748 e. The smallest absolute Gasteiger partial charge is 0.213 e. The van der Waals surface area contributed by atoms with Crippen LogP contribution in [0.25, 0.3) is 17.0 Å². The van der Waals surface area contributed by atoms with Gasteiger partial charge in [0.25, 0.3) is 0 Å². The fourth-order valence-electron chi connectivity index (χ4n) is 4.24. The summed E-state index contributed by atoms with van der Waals surface area (Å²) in [5.74, 6) is -0.447. The molecule has 8 nitrogen and oxygen atoms in total. The van der Waals surface area contributed by atoms with E-state index in [2.05, 4.69) is 29.0 Å². The lowest BCUT2D eigenvalue weighted by atomic mass is 10.1. The summed E-state index contributed by atoms with van der Waals surface area (Å²) in [4.78, 5) is 2.92. The van der Waals surface area contributed by atoms with Crippen LogP contribution in [0.3, 0.4) is 0 Å². The van der Waals surface area contributed by atoms with Gasteiger partial charge in [-0.25, -0.2) is 8.42 Å². The number of fused-ring (bicyclic) bond motifs is 2. The maximum absolute atomic E-state index is 11.3. The van der Waals surface area contributed by atoms with Gasteiger partial charge in [0, 0.05) is 30.2 Å². The van der Waals surface area contributed by atoms with Crippen LogP contribution in [0.2, 0.25) is 0 Å². The highest BCUT2D eigenvalue weighted by molar-refractivity contribution is 8.03. The Kier molecular flexibility index (Phi) is 11.0. The standard InChI is InChI=1S/C29H34N2O6S2/c1-2-35-19-20-37-22-21-36-18-16-30-15-14-24(25-9-3-4-10-26(25)30)8-7-13-29-31(17-23-39(32,33)34)27-11-5-6-12-28(27)38-29/h3-15H,2,16-23H2,1H3. The van der Waals surface area contributed by atoms with Gasteiger partial charge in [-0.3, -0.25) is 0 Å². The normalized spacial score (nSPS) is 14.6. The summed E-state index contributed by atoms with van der Waals surface area (Å²) in [6, 6.07) is 18.1. The van der Waals surface area contributed by atoms with Crippen molar-refractivity contribution in [3.8, 4) is 0 Å². The number of benzene rings is 2. The first-order valence-electron chi connectivity index (χ1n) is 13.0. The molecule has 1 aromatic heterocycles. The predicted octanol–water partition coefficient (Wildman–Crippen LogP) is 4.21. The van der Waals surface area contributed by atoms with Gasteiger partial charge in [0.15, 0.2) is 12.7 Å². The molecule has 1 aliphatic rings. The summed E-state index contributed by atoms with van der Waals surface area (Å²) in [7, 11) is -4.31. The van der Waals surface area contributed by atoms with E-state index in [9.17, 15) is 13.0 Å². The lowest BCUT2D eigenvalue weighted by molar-refractivity contribution is -0.673. The zero-order valence-electron chi connectivity index (χ0n) is 22.0. The molecule has 0 saturated carbocycles. The summed E-state index contributed by atoms with van der Waals surface area (Å²) < 4.78 is 52.5. The van der Waals surface area contributed by atoms with E-state index in [4.69, 9.17) is 14.2 Å². The van der Waals surface area contributed by atoms with Crippen molar-refractivity contribution in [1.82, 2.24) is 0 Å². The van der Waals surface area contributed by atoms with E-state index < -0.39 is 15.9 Å². The number of ether oxygens (including phenoxy) is 3. The number of thioether (sulfide) groups is 1. The third-order valence-electron chi connectivity index (χ3n) is 6.10. The number of rotatable bonds is 15. The molecule has 0 N–H and O–H groups in total. The van der Waals surface area contributed by atoms with Gasteiger partial charge >= 0.3 is 0 Å². The lowest BCUT2D eigenvalue weighted by Gasteiger charge is -2.21. The topological polar surface area (TPSA) is 92.0 Å². The zero-order chi connectivity index (χ0) is 27.5. The molecule has 208 valence electrons. The second-order valence-corrected chi connectivity index (χ2v) is 11.3. The Hall–Kier alpha value is -2.73. The van der Waals surface area contributed by atoms with Crippen molar-refractivity contribution >= 4 is 44.5 Å². The summed E-state index contributed by atoms with van der Waals surface area (Å²) in [6.45, 7) is 6.35. The van der Waals surface area contributed by atoms with Gasteiger partial charge in [0.2, 0.25) is 5.52 Å². The van der Waals surface area contributed by atoms with Crippen LogP contribution in [0, 0.1) is 0 Å². The summed E-state index contributed by atoms with van der Waals surface area (Å²) in [5, 5.41) is 2.00. The van der Waals surface area contributed by atoms with Crippen LogP contribution in [0.15, 0.2) is 82.9 Å². The Morgan fingerprint density at radius 2 is 1.67 bits per heavy atom. The molecular formula is C29H34N2O6S2. The maximum atomic E-state index is 11.3. The van der Waals surface area contributed by atoms with Gasteiger partial charge in [-0.2, -0.15) is 4.57 Å². The average Bonchev–Trinajstić information content (AvgIpc) is 3.28. The molecule has 0 saturated heterocycles. The summed E-state index contributed by atoms with van der Waals surface area (Å²) >= 11 is 1.56. The molecule has 39 heavy (non-hydrogen) atoms. The molecule has 4 rings (SSSR count). The Bertz CT molecular complexity index is 1410. The van der Waals surface area contributed by atoms with Crippen LogP contribution >= 0.6 is 11.8 Å². The monoisotopic (exact) mass is 570 g/mol. The minimum atomic E-state index is -4.31. The van der Waals surface area contributed by atoms with Crippen molar-refractivity contribution in [2.75, 3.05) is 56.8 Å². The van der Waals surface area contributed by atoms with Crippen LogP contribution < -0.4 is 9.47 Å². The number of para-hydroxylation sites is 2. The molecule has 0 aliphatic carbocycles. The molecule has 0 spiro atoms. The SMILES string of the molecule is CCOCCOCCOCC[n+]1ccc(/C=C/C=C2\Sc3ccccc3N2CCS(=O)(=O)[O-])c2ccccc21. The van der Waals surface area contributed by atoms with Gasteiger partial charge in [0.1, 0.15) is 6.61 Å². The van der Waals surface area contributed by atoms with E-state index in [1.54, 1.807) is 11.8 Å². The number of hydrogen-bond acceptors (Lipinski definition) is 8. The fraction of sp³-hybridized carbons (Fsp3) is 0.345. The van der Waals surface area contributed by atoms with Crippen LogP contribution in [-0.4, -0.2) is 64.9 Å². The Morgan fingerprint density at radius 3 is 2.46 bits per heavy atom. The molecule has 0 amide bonds. The highest BCUT2D eigenvalue weighted by Crippen LogP contribution is 2.45. The molecule has 3 aromatic rings. The van der Waals surface area contributed by atoms with Gasteiger partial charge < -0.3 is 23.7 Å². The first kappa shape index (κ1) is 29.3. The van der Waals surface area contributed by atoms with Gasteiger partial charge in [0.05, 0.1) is 58.4 Å². The van der Waals surface area contributed by atoms with Gasteiger partial charge in [-0.1, -0.05) is 48.2 Å². The summed E-state index contributed by atoms with van der Waals surface area (Å²) in [6.07, 6.45) is 8.03. The highest BCUT2D eigenvalue weighted by atomic mass is 32.2. The average molecular weight is 571 g/mol. The van der Waals surface area contributed by atoms with E-state index >= 15 is 0 Å². The molecule has 0 atom stereocenters. The molecular weight excluding hydrogens is 536 g/mol. The van der Waals surface area contributed by atoms with Gasteiger partial charge in [-0.15, -0.1) is 0 Å². The van der Waals surface area contributed by atoms with E-state index in [-0.39, 0.29) is 6.54 Å². The Labute approximate surface area is 234 Å². The van der Waals surface area contributed by atoms with Crippen molar-refractivity contribution in [2.45, 2.75) is 18.4 Å². The van der Waals surface area contributed by atoms with Crippen LogP contribution in [0.1, 0.15) is 12.5 Å². The first-order chi connectivity index (χ1) is 19.0. The van der Waals surface area contributed by atoms with Crippen molar-refractivity contribution in [2.24, 2.45) is 0 Å². The quantitative estimate of drug-likeness (QED) is 0.153. The molecule has 1 aliphatic heterocycles. The number of aromatic nitrogens is 1. The van der Waals surface area contributed by atoms with E-state index in [1.807, 2.05) is 66.4 Å². The number of allylic oxidation sites excluding steroid dienone is 2.